The molecule has 4 aromatic rings. The lowest BCUT2D eigenvalue weighted by Crippen LogP contribution is -1.98. The molecule has 22 heavy (non-hydrogen) atoms. The van der Waals surface area contributed by atoms with Crippen LogP contribution in [-0.2, 0) is 6.42 Å². The third-order valence-corrected chi connectivity index (χ3v) is 4.58. The fourth-order valence-electron chi connectivity index (χ4n) is 2.21. The van der Waals surface area contributed by atoms with Crippen LogP contribution in [0.1, 0.15) is 17.1 Å². The van der Waals surface area contributed by atoms with Crippen LogP contribution in [0.25, 0.3) is 15.7 Å². The van der Waals surface area contributed by atoms with Crippen molar-refractivity contribution in [3.05, 3.63) is 52.4 Å². The number of H-pyrrole nitrogens is 1. The highest BCUT2D eigenvalue weighted by atomic mass is 35.5. The van der Waals surface area contributed by atoms with Crippen molar-refractivity contribution in [1.82, 2.24) is 30.0 Å². The Bertz CT molecular complexity index is 953. The summed E-state index contributed by atoms with van der Waals surface area (Å²) in [5.41, 5.74) is 2.82. The van der Waals surface area contributed by atoms with E-state index >= 15 is 0 Å². The topological polar surface area (TPSA) is 71.8 Å². The molecule has 0 spiro atoms. The van der Waals surface area contributed by atoms with Crippen molar-refractivity contribution < 1.29 is 0 Å². The fraction of sp³-hybridized carbons (Fsp3) is 0.143. The molecule has 3 heterocycles. The first-order valence-electron chi connectivity index (χ1n) is 6.67. The number of hydrogen-bond donors (Lipinski definition) is 1. The summed E-state index contributed by atoms with van der Waals surface area (Å²) >= 11 is 7.67. The summed E-state index contributed by atoms with van der Waals surface area (Å²) in [7, 11) is 0. The third-order valence-electron chi connectivity index (χ3n) is 3.29. The number of rotatable bonds is 3. The Morgan fingerprint density at radius 1 is 1.27 bits per heavy atom. The zero-order valence-corrected chi connectivity index (χ0v) is 13.2. The summed E-state index contributed by atoms with van der Waals surface area (Å²) in [6.07, 6.45) is 0.587. The predicted molar refractivity (Wildman–Crippen MR) is 85.2 cm³/mol. The van der Waals surface area contributed by atoms with Gasteiger partial charge in [0.15, 0.2) is 10.8 Å². The number of fused-ring (bicyclic) bond motifs is 1. The molecule has 4 rings (SSSR count). The molecule has 0 fully saturated rings. The van der Waals surface area contributed by atoms with Crippen LogP contribution in [0, 0.1) is 6.92 Å². The molecule has 0 aliphatic rings. The number of halogens is 1. The number of benzene rings is 1. The molecule has 0 unspecified atom stereocenters. The molecule has 110 valence electrons. The highest BCUT2D eigenvalue weighted by molar-refractivity contribution is 7.19. The van der Waals surface area contributed by atoms with E-state index < -0.39 is 0 Å². The van der Waals surface area contributed by atoms with E-state index in [4.69, 9.17) is 11.6 Å². The Balaban J connectivity index is 1.73. The number of aromatic amines is 1. The van der Waals surface area contributed by atoms with Gasteiger partial charge in [-0.05, 0) is 24.6 Å². The predicted octanol–water partition coefficient (Wildman–Crippen LogP) is 3.13. The molecule has 0 aliphatic carbocycles. The summed E-state index contributed by atoms with van der Waals surface area (Å²) in [6, 6.07) is 9.67. The van der Waals surface area contributed by atoms with Crippen LogP contribution in [0.2, 0.25) is 5.02 Å². The molecule has 8 heteroatoms. The number of nitrogens with one attached hydrogen (secondary N) is 1. The summed E-state index contributed by atoms with van der Waals surface area (Å²) in [4.78, 5) is 0.748. The minimum absolute atomic E-state index is 0.587. The van der Waals surface area contributed by atoms with Crippen molar-refractivity contribution in [2.24, 2.45) is 0 Å². The molecule has 0 saturated heterocycles. The van der Waals surface area contributed by atoms with Gasteiger partial charge in [0.2, 0.25) is 4.96 Å². The molecule has 3 aromatic heterocycles. The average molecular weight is 331 g/mol. The van der Waals surface area contributed by atoms with Crippen LogP contribution in [0.4, 0.5) is 0 Å². The minimum Gasteiger partial charge on any atom is -0.282 e. The highest BCUT2D eigenvalue weighted by Gasteiger charge is 2.15. The summed E-state index contributed by atoms with van der Waals surface area (Å²) < 4.78 is 1.76. The van der Waals surface area contributed by atoms with E-state index in [1.807, 2.05) is 37.3 Å². The van der Waals surface area contributed by atoms with Crippen molar-refractivity contribution in [3.63, 3.8) is 0 Å². The molecule has 0 bridgehead atoms. The third kappa shape index (κ3) is 2.28. The Morgan fingerprint density at radius 2 is 2.14 bits per heavy atom. The standard InChI is InChI=1S/C14H11ClN6S/c1-8-6-11(17-16-8)13-20-21-12(18-19-14(21)22-13)7-9-4-2-3-5-10(9)15/h2-6H,7H2,1H3,(H,16,17). The van der Waals surface area contributed by atoms with E-state index in [-0.39, 0.29) is 0 Å². The normalized spacial score (nSPS) is 11.4. The van der Waals surface area contributed by atoms with E-state index in [0.29, 0.717) is 6.42 Å². The first kappa shape index (κ1) is 13.4. The molecule has 6 nitrogen and oxygen atoms in total. The fourth-order valence-corrected chi connectivity index (χ4v) is 3.23. The molecule has 0 radical (unpaired) electrons. The number of aryl methyl sites for hydroxylation is 1. The molecule has 1 aromatic carbocycles. The lowest BCUT2D eigenvalue weighted by atomic mass is 10.1. The van der Waals surface area contributed by atoms with Crippen molar-refractivity contribution in [2.45, 2.75) is 13.3 Å². The van der Waals surface area contributed by atoms with Gasteiger partial charge in [0.05, 0.1) is 0 Å². The SMILES string of the molecule is Cc1cc(-c2nn3c(Cc4ccccc4Cl)nnc3s2)n[nH]1. The Kier molecular flexibility index (Phi) is 3.16. The van der Waals surface area contributed by atoms with E-state index in [2.05, 4.69) is 25.5 Å². The van der Waals surface area contributed by atoms with Gasteiger partial charge in [-0.3, -0.25) is 5.10 Å². The van der Waals surface area contributed by atoms with E-state index in [1.165, 1.54) is 11.3 Å². The van der Waals surface area contributed by atoms with E-state index in [0.717, 1.165) is 37.8 Å². The number of nitrogens with zero attached hydrogens (tertiary/aromatic N) is 5. The molecule has 0 saturated carbocycles. The second kappa shape index (κ2) is 5.19. The zero-order chi connectivity index (χ0) is 15.1. The van der Waals surface area contributed by atoms with Crippen LogP contribution in [-0.4, -0.2) is 30.0 Å². The summed E-state index contributed by atoms with van der Waals surface area (Å²) in [6.45, 7) is 1.96. The highest BCUT2D eigenvalue weighted by Crippen LogP contribution is 2.25. The minimum atomic E-state index is 0.587. The van der Waals surface area contributed by atoms with Crippen LogP contribution in [0.15, 0.2) is 30.3 Å². The quantitative estimate of drug-likeness (QED) is 0.626. The molecule has 0 atom stereocenters. The molecular formula is C14H11ClN6S. The Morgan fingerprint density at radius 3 is 2.91 bits per heavy atom. The van der Waals surface area contributed by atoms with Gasteiger partial charge in [-0.1, -0.05) is 41.1 Å². The molecule has 0 amide bonds. The smallest absolute Gasteiger partial charge is 0.235 e. The second-order valence-corrected chi connectivity index (χ2v) is 6.29. The van der Waals surface area contributed by atoms with E-state index in [9.17, 15) is 0 Å². The van der Waals surface area contributed by atoms with Crippen LogP contribution in [0.3, 0.4) is 0 Å². The number of aromatic nitrogens is 6. The lowest BCUT2D eigenvalue weighted by molar-refractivity contribution is 0.852. The van der Waals surface area contributed by atoms with Gasteiger partial charge in [0.25, 0.3) is 0 Å². The maximum Gasteiger partial charge on any atom is 0.235 e. The van der Waals surface area contributed by atoms with Gasteiger partial charge in [0.1, 0.15) is 5.69 Å². The lowest BCUT2D eigenvalue weighted by Gasteiger charge is -2.00. The monoisotopic (exact) mass is 330 g/mol. The van der Waals surface area contributed by atoms with Crippen LogP contribution >= 0.6 is 22.9 Å². The largest absolute Gasteiger partial charge is 0.282 e. The van der Waals surface area contributed by atoms with Crippen LogP contribution < -0.4 is 0 Å². The van der Waals surface area contributed by atoms with E-state index in [1.54, 1.807) is 4.52 Å². The van der Waals surface area contributed by atoms with Gasteiger partial charge in [-0.15, -0.1) is 10.2 Å². The van der Waals surface area contributed by atoms with Crippen molar-refractivity contribution in [3.8, 4) is 10.7 Å². The van der Waals surface area contributed by atoms with Gasteiger partial charge < -0.3 is 0 Å². The first-order valence-corrected chi connectivity index (χ1v) is 7.87. The zero-order valence-electron chi connectivity index (χ0n) is 11.6. The summed E-state index contributed by atoms with van der Waals surface area (Å²) in [5.74, 6) is 0.762. The van der Waals surface area contributed by atoms with Crippen molar-refractivity contribution in [1.29, 1.82) is 0 Å². The average Bonchev–Trinajstić information content (AvgIpc) is 3.18. The van der Waals surface area contributed by atoms with Gasteiger partial charge in [-0.25, -0.2) is 0 Å². The summed E-state index contributed by atoms with van der Waals surface area (Å²) in [5, 5.41) is 21.6. The van der Waals surface area contributed by atoms with Gasteiger partial charge in [-0.2, -0.15) is 14.7 Å². The second-order valence-electron chi connectivity index (χ2n) is 4.92. The number of hydrogen-bond acceptors (Lipinski definition) is 5. The van der Waals surface area contributed by atoms with Crippen LogP contribution in [0.5, 0.6) is 0 Å². The molecular weight excluding hydrogens is 320 g/mol. The first-order chi connectivity index (χ1) is 10.7. The van der Waals surface area contributed by atoms with Gasteiger partial charge >= 0.3 is 0 Å². The maximum absolute atomic E-state index is 6.21. The van der Waals surface area contributed by atoms with Crippen molar-refractivity contribution in [2.75, 3.05) is 0 Å². The Hall–Kier alpha value is -2.25. The Labute approximate surface area is 134 Å². The maximum atomic E-state index is 6.21. The molecule has 0 aliphatic heterocycles. The molecule has 1 N–H and O–H groups in total. The van der Waals surface area contributed by atoms with Crippen molar-refractivity contribution >= 4 is 27.9 Å². The van der Waals surface area contributed by atoms with Gasteiger partial charge in [0, 0.05) is 17.1 Å².